The lowest BCUT2D eigenvalue weighted by Crippen LogP contribution is -2.46. The van der Waals surface area contributed by atoms with Gasteiger partial charge >= 0.3 is 0 Å². The van der Waals surface area contributed by atoms with Crippen LogP contribution in [-0.2, 0) is 4.79 Å². The van der Waals surface area contributed by atoms with Crippen molar-refractivity contribution in [3.05, 3.63) is 30.3 Å². The molecule has 1 unspecified atom stereocenters. The molecule has 142 valence electrons. The van der Waals surface area contributed by atoms with Gasteiger partial charge in [-0.25, -0.2) is 8.78 Å². The molecule has 0 saturated carbocycles. The van der Waals surface area contributed by atoms with E-state index < -0.39 is 18.4 Å². The molecular formula is C18H19F2N5O2. The van der Waals surface area contributed by atoms with Gasteiger partial charge in [-0.2, -0.15) is 10.1 Å². The Kier molecular flexibility index (Phi) is 4.16. The van der Waals surface area contributed by atoms with Crippen LogP contribution in [0.2, 0.25) is 0 Å². The Morgan fingerprint density at radius 3 is 2.89 bits per heavy atom. The van der Waals surface area contributed by atoms with Crippen LogP contribution < -0.4 is 0 Å². The van der Waals surface area contributed by atoms with Crippen LogP contribution in [0.15, 0.2) is 28.9 Å². The van der Waals surface area contributed by atoms with E-state index in [4.69, 9.17) is 4.52 Å². The van der Waals surface area contributed by atoms with Crippen molar-refractivity contribution in [3.8, 4) is 11.4 Å². The second-order valence-corrected chi connectivity index (χ2v) is 7.09. The number of halogens is 2. The van der Waals surface area contributed by atoms with Crippen molar-refractivity contribution in [3.63, 3.8) is 0 Å². The predicted octanol–water partition coefficient (Wildman–Crippen LogP) is 3.25. The zero-order valence-electron chi connectivity index (χ0n) is 15.0. The molecule has 1 saturated heterocycles. The summed E-state index contributed by atoms with van der Waals surface area (Å²) in [6.45, 7) is 3.65. The van der Waals surface area contributed by atoms with E-state index in [1.807, 2.05) is 36.7 Å². The second kappa shape index (κ2) is 6.40. The summed E-state index contributed by atoms with van der Waals surface area (Å²) >= 11 is 0. The smallest absolute Gasteiger partial charge is 0.276 e. The SMILES string of the molecule is CC(C)n1ncc2ccc(-c3noc(C4CCN(C=O)CC4(F)F)n3)cc21. The van der Waals surface area contributed by atoms with Crippen LogP contribution in [0, 0.1) is 0 Å². The summed E-state index contributed by atoms with van der Waals surface area (Å²) in [5.74, 6) is -4.14. The second-order valence-electron chi connectivity index (χ2n) is 7.09. The fourth-order valence-corrected chi connectivity index (χ4v) is 3.44. The average molecular weight is 375 g/mol. The number of carbonyl (C=O) groups is 1. The molecule has 0 spiro atoms. The third kappa shape index (κ3) is 3.07. The minimum atomic E-state index is -3.11. The normalized spacial score (nSPS) is 19.7. The van der Waals surface area contributed by atoms with E-state index in [1.54, 1.807) is 6.20 Å². The molecule has 2 aromatic heterocycles. The van der Waals surface area contributed by atoms with E-state index in [0.717, 1.165) is 15.8 Å². The van der Waals surface area contributed by atoms with Gasteiger partial charge in [0, 0.05) is 23.5 Å². The van der Waals surface area contributed by atoms with Crippen molar-refractivity contribution in [1.29, 1.82) is 0 Å². The van der Waals surface area contributed by atoms with E-state index in [1.165, 1.54) is 0 Å². The number of alkyl halides is 2. The molecule has 0 radical (unpaired) electrons. The van der Waals surface area contributed by atoms with Gasteiger partial charge in [-0.3, -0.25) is 9.48 Å². The molecule has 9 heteroatoms. The van der Waals surface area contributed by atoms with Gasteiger partial charge in [-0.15, -0.1) is 0 Å². The van der Waals surface area contributed by atoms with Crippen molar-refractivity contribution in [2.75, 3.05) is 13.1 Å². The number of nitrogens with zero attached hydrogens (tertiary/aromatic N) is 5. The van der Waals surface area contributed by atoms with Crippen LogP contribution in [-0.4, -0.2) is 50.2 Å². The largest absolute Gasteiger partial charge is 0.339 e. The summed E-state index contributed by atoms with van der Waals surface area (Å²) in [6.07, 6.45) is 2.30. The molecule has 27 heavy (non-hydrogen) atoms. The van der Waals surface area contributed by atoms with Gasteiger partial charge < -0.3 is 9.42 Å². The number of benzene rings is 1. The van der Waals surface area contributed by atoms with E-state index in [2.05, 4.69) is 15.2 Å². The van der Waals surface area contributed by atoms with Crippen LogP contribution in [0.5, 0.6) is 0 Å². The van der Waals surface area contributed by atoms with Crippen LogP contribution in [0.3, 0.4) is 0 Å². The van der Waals surface area contributed by atoms with Gasteiger partial charge in [0.15, 0.2) is 0 Å². The van der Waals surface area contributed by atoms with Gasteiger partial charge in [0.1, 0.15) is 5.92 Å². The molecule has 3 heterocycles. The molecule has 0 N–H and O–H groups in total. The number of piperidine rings is 1. The first-order chi connectivity index (χ1) is 12.9. The fraction of sp³-hybridized carbons (Fsp3) is 0.444. The van der Waals surface area contributed by atoms with E-state index in [0.29, 0.717) is 12.0 Å². The van der Waals surface area contributed by atoms with Crippen LogP contribution in [0.4, 0.5) is 8.78 Å². The highest BCUT2D eigenvalue weighted by molar-refractivity contribution is 5.83. The molecule has 1 atom stereocenters. The molecular weight excluding hydrogens is 356 g/mol. The molecule has 3 aromatic rings. The molecule has 1 amide bonds. The number of aromatic nitrogens is 4. The fourth-order valence-electron chi connectivity index (χ4n) is 3.44. The Balaban J connectivity index is 1.66. The Morgan fingerprint density at radius 1 is 1.37 bits per heavy atom. The summed E-state index contributed by atoms with van der Waals surface area (Å²) in [5.41, 5.74) is 1.59. The topological polar surface area (TPSA) is 77.0 Å². The summed E-state index contributed by atoms with van der Waals surface area (Å²) < 4.78 is 35.8. The highest BCUT2D eigenvalue weighted by Gasteiger charge is 2.48. The number of rotatable bonds is 4. The lowest BCUT2D eigenvalue weighted by atomic mass is 9.93. The Bertz CT molecular complexity index is 981. The van der Waals surface area contributed by atoms with Crippen molar-refractivity contribution in [2.45, 2.75) is 38.2 Å². The van der Waals surface area contributed by atoms with E-state index in [9.17, 15) is 13.6 Å². The first-order valence-electron chi connectivity index (χ1n) is 8.77. The highest BCUT2D eigenvalue weighted by Crippen LogP contribution is 2.39. The van der Waals surface area contributed by atoms with Gasteiger partial charge in [-0.05, 0) is 26.3 Å². The van der Waals surface area contributed by atoms with Gasteiger partial charge in [-0.1, -0.05) is 17.3 Å². The molecule has 1 aliphatic rings. The Hall–Kier alpha value is -2.84. The highest BCUT2D eigenvalue weighted by atomic mass is 19.3. The third-order valence-electron chi connectivity index (χ3n) is 4.86. The van der Waals surface area contributed by atoms with Crippen LogP contribution >= 0.6 is 0 Å². The summed E-state index contributed by atoms with van der Waals surface area (Å²) in [7, 11) is 0. The number of amides is 1. The lowest BCUT2D eigenvalue weighted by molar-refractivity contribution is -0.132. The number of hydrogen-bond acceptors (Lipinski definition) is 5. The summed E-state index contributed by atoms with van der Waals surface area (Å²) in [6, 6.07) is 5.77. The first-order valence-corrected chi connectivity index (χ1v) is 8.77. The third-order valence-corrected chi connectivity index (χ3v) is 4.86. The molecule has 7 nitrogen and oxygen atoms in total. The van der Waals surface area contributed by atoms with Gasteiger partial charge in [0.25, 0.3) is 5.92 Å². The molecule has 1 aromatic carbocycles. The Morgan fingerprint density at radius 2 is 2.19 bits per heavy atom. The lowest BCUT2D eigenvalue weighted by Gasteiger charge is -2.34. The molecule has 1 fully saturated rings. The Labute approximate surface area is 153 Å². The zero-order valence-corrected chi connectivity index (χ0v) is 15.0. The van der Waals surface area contributed by atoms with Crippen LogP contribution in [0.1, 0.15) is 38.1 Å². The monoisotopic (exact) mass is 375 g/mol. The van der Waals surface area contributed by atoms with Crippen molar-refractivity contribution >= 4 is 17.3 Å². The zero-order chi connectivity index (χ0) is 19.2. The standard InChI is InChI=1S/C18H19F2N5O2/c1-11(2)25-15-7-12(3-4-13(15)8-21-25)16-22-17(27-23-16)14-5-6-24(10-26)9-18(14,19)20/h3-4,7-8,10-11,14H,5-6,9H2,1-2H3. The first kappa shape index (κ1) is 17.6. The van der Waals surface area contributed by atoms with E-state index in [-0.39, 0.29) is 30.7 Å². The quantitative estimate of drug-likeness (QED) is 0.654. The molecule has 4 rings (SSSR count). The number of likely N-dealkylation sites (tertiary alicyclic amines) is 1. The number of fused-ring (bicyclic) bond motifs is 1. The number of hydrogen-bond donors (Lipinski definition) is 0. The summed E-state index contributed by atoms with van der Waals surface area (Å²) in [5, 5.41) is 9.24. The molecule has 1 aliphatic heterocycles. The maximum atomic E-state index is 14.4. The predicted molar refractivity (Wildman–Crippen MR) is 93.4 cm³/mol. The number of carbonyl (C=O) groups excluding carboxylic acids is 1. The van der Waals surface area contributed by atoms with Crippen molar-refractivity contribution in [2.24, 2.45) is 0 Å². The maximum absolute atomic E-state index is 14.4. The summed E-state index contributed by atoms with van der Waals surface area (Å²) in [4.78, 5) is 16.1. The minimum Gasteiger partial charge on any atom is -0.339 e. The van der Waals surface area contributed by atoms with Gasteiger partial charge in [0.05, 0.1) is 18.3 Å². The molecule has 0 aliphatic carbocycles. The van der Waals surface area contributed by atoms with Crippen molar-refractivity contribution in [1.82, 2.24) is 24.8 Å². The average Bonchev–Trinajstić information content (AvgIpc) is 3.27. The molecule has 0 bridgehead atoms. The minimum absolute atomic E-state index is 0.0759. The van der Waals surface area contributed by atoms with Gasteiger partial charge in [0.2, 0.25) is 18.1 Å². The van der Waals surface area contributed by atoms with Crippen LogP contribution in [0.25, 0.3) is 22.3 Å². The van der Waals surface area contributed by atoms with E-state index >= 15 is 0 Å². The van der Waals surface area contributed by atoms with Crippen molar-refractivity contribution < 1.29 is 18.1 Å². The maximum Gasteiger partial charge on any atom is 0.276 e.